The molecule has 0 bridgehead atoms. The van der Waals surface area contributed by atoms with Crippen LogP contribution in [0.1, 0.15) is 5.56 Å². The first-order valence-corrected chi connectivity index (χ1v) is 18.4. The van der Waals surface area contributed by atoms with Crippen LogP contribution < -0.4 is 0 Å². The second kappa shape index (κ2) is 13.1. The Labute approximate surface area is 314 Å². The lowest BCUT2D eigenvalue weighted by atomic mass is 9.84. The van der Waals surface area contributed by atoms with E-state index in [9.17, 15) is 5.26 Å². The fraction of sp³-hybridized carbons (Fsp3) is 0. The molecule has 1 heteroatoms. The smallest absolute Gasteiger partial charge is 0.0991 e. The Bertz CT molecular complexity index is 3090. The van der Waals surface area contributed by atoms with Gasteiger partial charge >= 0.3 is 0 Å². The normalized spacial score (nSPS) is 11.3. The van der Waals surface area contributed by atoms with Crippen LogP contribution in [-0.4, -0.2) is 0 Å². The quantitative estimate of drug-likeness (QED) is 0.166. The maximum absolute atomic E-state index is 9.47. The van der Waals surface area contributed by atoms with Crippen molar-refractivity contribution in [3.8, 4) is 61.7 Å². The Kier molecular flexibility index (Phi) is 7.60. The molecule has 0 N–H and O–H groups in total. The van der Waals surface area contributed by atoms with Gasteiger partial charge in [0.25, 0.3) is 0 Å². The number of nitriles is 1. The molecule has 0 atom stereocenters. The third-order valence-corrected chi connectivity index (χ3v) is 10.9. The van der Waals surface area contributed by atoms with E-state index in [1.807, 2.05) is 24.3 Å². The molecule has 0 amide bonds. The molecule has 10 aromatic rings. The van der Waals surface area contributed by atoms with Gasteiger partial charge in [-0.1, -0.05) is 164 Å². The van der Waals surface area contributed by atoms with Gasteiger partial charge in [-0.15, -0.1) is 0 Å². The molecule has 250 valence electrons. The summed E-state index contributed by atoms with van der Waals surface area (Å²) in [5.74, 6) is 0. The zero-order valence-electron chi connectivity index (χ0n) is 29.5. The molecule has 0 heterocycles. The van der Waals surface area contributed by atoms with E-state index in [1.54, 1.807) is 0 Å². The summed E-state index contributed by atoms with van der Waals surface area (Å²) in [5, 5.41) is 19.3. The Morgan fingerprint density at radius 1 is 0.259 bits per heavy atom. The van der Waals surface area contributed by atoms with Crippen molar-refractivity contribution in [2.75, 3.05) is 0 Å². The number of hydrogen-bond donors (Lipinski definition) is 0. The Balaban J connectivity index is 1.18. The average molecular weight is 684 g/mol. The fourth-order valence-corrected chi connectivity index (χ4v) is 8.14. The van der Waals surface area contributed by atoms with Gasteiger partial charge in [-0.05, 0) is 135 Å². The molecule has 0 aromatic heterocycles. The first-order chi connectivity index (χ1) is 26.7. The van der Waals surface area contributed by atoms with E-state index in [-0.39, 0.29) is 0 Å². The molecular formula is C53H33N. The third-order valence-electron chi connectivity index (χ3n) is 10.9. The van der Waals surface area contributed by atoms with Crippen LogP contribution in [0.15, 0.2) is 200 Å². The van der Waals surface area contributed by atoms with E-state index in [1.165, 1.54) is 87.6 Å². The molecule has 10 aromatic carbocycles. The van der Waals surface area contributed by atoms with Crippen LogP contribution in [0, 0.1) is 11.3 Å². The second-order valence-electron chi connectivity index (χ2n) is 14.0. The van der Waals surface area contributed by atoms with Gasteiger partial charge < -0.3 is 0 Å². The summed E-state index contributed by atoms with van der Waals surface area (Å²) in [6, 6.07) is 74.4. The topological polar surface area (TPSA) is 23.8 Å². The molecule has 0 saturated heterocycles. The van der Waals surface area contributed by atoms with Gasteiger partial charge in [0.15, 0.2) is 0 Å². The average Bonchev–Trinajstić information content (AvgIpc) is 3.25. The van der Waals surface area contributed by atoms with Crippen molar-refractivity contribution in [1.82, 2.24) is 0 Å². The van der Waals surface area contributed by atoms with E-state index in [2.05, 4.69) is 182 Å². The number of benzene rings is 10. The van der Waals surface area contributed by atoms with Crippen molar-refractivity contribution in [1.29, 1.82) is 5.26 Å². The highest BCUT2D eigenvalue weighted by Gasteiger charge is 2.18. The number of rotatable bonds is 5. The molecule has 0 aliphatic heterocycles. The van der Waals surface area contributed by atoms with Gasteiger partial charge in [0, 0.05) is 0 Å². The predicted molar refractivity (Wildman–Crippen MR) is 228 cm³/mol. The van der Waals surface area contributed by atoms with Crippen LogP contribution in [0.25, 0.3) is 98.7 Å². The summed E-state index contributed by atoms with van der Waals surface area (Å²) in [7, 11) is 0. The summed E-state index contributed by atoms with van der Waals surface area (Å²) in [4.78, 5) is 0. The van der Waals surface area contributed by atoms with Crippen LogP contribution in [0.3, 0.4) is 0 Å². The van der Waals surface area contributed by atoms with E-state index in [4.69, 9.17) is 0 Å². The molecule has 0 aliphatic carbocycles. The van der Waals surface area contributed by atoms with Crippen molar-refractivity contribution in [3.05, 3.63) is 206 Å². The van der Waals surface area contributed by atoms with Gasteiger partial charge in [-0.3, -0.25) is 0 Å². The minimum Gasteiger partial charge on any atom is -0.192 e. The van der Waals surface area contributed by atoms with Gasteiger partial charge in [0.05, 0.1) is 11.6 Å². The van der Waals surface area contributed by atoms with Gasteiger partial charge in [-0.25, -0.2) is 0 Å². The number of hydrogen-bond acceptors (Lipinski definition) is 1. The summed E-state index contributed by atoms with van der Waals surface area (Å²) in [6.45, 7) is 0. The van der Waals surface area contributed by atoms with Crippen molar-refractivity contribution in [2.24, 2.45) is 0 Å². The number of fused-ring (bicyclic) bond motifs is 4. The lowest BCUT2D eigenvalue weighted by molar-refractivity contribution is 1.48. The minimum atomic E-state index is 0.659. The van der Waals surface area contributed by atoms with Crippen LogP contribution >= 0.6 is 0 Å². The highest BCUT2D eigenvalue weighted by Crippen LogP contribution is 2.46. The van der Waals surface area contributed by atoms with Crippen molar-refractivity contribution in [2.45, 2.75) is 0 Å². The molecule has 0 spiro atoms. The number of nitrogens with zero attached hydrogens (tertiary/aromatic N) is 1. The van der Waals surface area contributed by atoms with Crippen molar-refractivity contribution in [3.63, 3.8) is 0 Å². The highest BCUT2D eigenvalue weighted by atomic mass is 14.2. The van der Waals surface area contributed by atoms with Crippen molar-refractivity contribution >= 4 is 43.1 Å². The van der Waals surface area contributed by atoms with Gasteiger partial charge in [0.2, 0.25) is 0 Å². The van der Waals surface area contributed by atoms with Crippen LogP contribution in [-0.2, 0) is 0 Å². The zero-order valence-corrected chi connectivity index (χ0v) is 29.5. The molecule has 0 radical (unpaired) electrons. The SMILES string of the molecule is N#Cc1ccc(-c2ccc3c(-c4cccc(-c5ccc6ccccc6c5)c4)c4ccccc4c(-c4ccc(-c5ccc6ccccc6c5)cc4)c3c2)cc1. The highest BCUT2D eigenvalue weighted by molar-refractivity contribution is 6.22. The maximum atomic E-state index is 9.47. The Morgan fingerprint density at radius 2 is 0.685 bits per heavy atom. The predicted octanol–water partition coefficient (Wildman–Crippen LogP) is 14.5. The molecular weight excluding hydrogens is 651 g/mol. The molecule has 0 saturated carbocycles. The van der Waals surface area contributed by atoms with Gasteiger partial charge in [-0.2, -0.15) is 5.26 Å². The van der Waals surface area contributed by atoms with Crippen LogP contribution in [0.2, 0.25) is 0 Å². The van der Waals surface area contributed by atoms with Crippen molar-refractivity contribution < 1.29 is 0 Å². The summed E-state index contributed by atoms with van der Waals surface area (Å²) in [5.41, 5.74) is 12.5. The largest absolute Gasteiger partial charge is 0.192 e. The summed E-state index contributed by atoms with van der Waals surface area (Å²) >= 11 is 0. The second-order valence-corrected chi connectivity index (χ2v) is 14.0. The lowest BCUT2D eigenvalue weighted by Crippen LogP contribution is -1.92. The Hall–Kier alpha value is -7.27. The van der Waals surface area contributed by atoms with E-state index >= 15 is 0 Å². The first kappa shape index (κ1) is 31.5. The standard InChI is InChI=1S/C53H33N/c54-34-35-16-18-38(19-17-35)46-28-29-50-51(33-46)52(40-24-20-39(21-25-40)44-26-22-36-8-1-3-10-41(36)30-44)48-14-5-6-15-49(48)53(50)47-13-7-12-43(32-47)45-27-23-37-9-2-4-11-42(37)31-45/h1-33H. The molecule has 1 nitrogen and oxygen atoms in total. The molecule has 0 aliphatic rings. The fourth-order valence-electron chi connectivity index (χ4n) is 8.14. The Morgan fingerprint density at radius 3 is 1.31 bits per heavy atom. The molecule has 54 heavy (non-hydrogen) atoms. The van der Waals surface area contributed by atoms with E-state index in [0.717, 1.165) is 11.1 Å². The summed E-state index contributed by atoms with van der Waals surface area (Å²) < 4.78 is 0. The first-order valence-electron chi connectivity index (χ1n) is 18.4. The molecule has 0 unspecified atom stereocenters. The molecule has 10 rings (SSSR count). The third kappa shape index (κ3) is 5.50. The monoisotopic (exact) mass is 683 g/mol. The van der Waals surface area contributed by atoms with Crippen LogP contribution in [0.5, 0.6) is 0 Å². The maximum Gasteiger partial charge on any atom is 0.0991 e. The van der Waals surface area contributed by atoms with E-state index < -0.39 is 0 Å². The van der Waals surface area contributed by atoms with Crippen LogP contribution in [0.4, 0.5) is 0 Å². The summed E-state index contributed by atoms with van der Waals surface area (Å²) in [6.07, 6.45) is 0. The zero-order chi connectivity index (χ0) is 36.0. The lowest BCUT2D eigenvalue weighted by Gasteiger charge is -2.19. The van der Waals surface area contributed by atoms with Gasteiger partial charge in [0.1, 0.15) is 0 Å². The molecule has 0 fully saturated rings. The minimum absolute atomic E-state index is 0.659. The van der Waals surface area contributed by atoms with E-state index in [0.29, 0.717) is 5.56 Å².